The fraction of sp³-hybridized carbons (Fsp3) is 0.385. The van der Waals surface area contributed by atoms with Crippen LogP contribution in [0.5, 0.6) is 0 Å². The van der Waals surface area contributed by atoms with E-state index in [0.29, 0.717) is 6.04 Å². The summed E-state index contributed by atoms with van der Waals surface area (Å²) in [6, 6.07) is 8.82. The molecule has 1 aliphatic rings. The zero-order chi connectivity index (χ0) is 10.5. The van der Waals surface area contributed by atoms with Crippen molar-refractivity contribution in [1.29, 1.82) is 0 Å². The summed E-state index contributed by atoms with van der Waals surface area (Å²) in [4.78, 5) is 0. The maximum absolute atomic E-state index is 5.55. The summed E-state index contributed by atoms with van der Waals surface area (Å²) in [6.07, 6.45) is 2.93. The monoisotopic (exact) mass is 203 g/mol. The zero-order valence-corrected chi connectivity index (χ0v) is 8.91. The highest BCUT2D eigenvalue weighted by molar-refractivity contribution is 5.30. The maximum Gasteiger partial charge on any atom is 0.0721 e. The van der Waals surface area contributed by atoms with E-state index < -0.39 is 0 Å². The Morgan fingerprint density at radius 3 is 3.20 bits per heavy atom. The molecule has 80 valence electrons. The Bertz CT molecular complexity index is 335. The number of rotatable bonds is 4. The van der Waals surface area contributed by atoms with E-state index >= 15 is 0 Å². The van der Waals surface area contributed by atoms with Gasteiger partial charge in [-0.2, -0.15) is 0 Å². The van der Waals surface area contributed by atoms with Gasteiger partial charge in [0.1, 0.15) is 0 Å². The highest BCUT2D eigenvalue weighted by Gasteiger charge is 2.18. The Morgan fingerprint density at radius 1 is 1.47 bits per heavy atom. The summed E-state index contributed by atoms with van der Waals surface area (Å²) < 4.78 is 5.55. The lowest BCUT2D eigenvalue weighted by Crippen LogP contribution is -2.30. The van der Waals surface area contributed by atoms with E-state index in [1.807, 2.05) is 6.08 Å². The number of fused-ring (bicyclic) bond motifs is 1. The minimum atomic E-state index is 0.342. The second kappa shape index (κ2) is 5.10. The summed E-state index contributed by atoms with van der Waals surface area (Å²) >= 11 is 0. The molecule has 15 heavy (non-hydrogen) atoms. The summed E-state index contributed by atoms with van der Waals surface area (Å²) in [6.45, 7) is 6.20. The van der Waals surface area contributed by atoms with Crippen LogP contribution >= 0.6 is 0 Å². The van der Waals surface area contributed by atoms with Crippen molar-refractivity contribution in [2.24, 2.45) is 0 Å². The molecule has 0 radical (unpaired) electrons. The average Bonchev–Trinajstić information content (AvgIpc) is 2.30. The Morgan fingerprint density at radius 2 is 2.33 bits per heavy atom. The molecule has 0 spiro atoms. The molecule has 0 fully saturated rings. The largest absolute Gasteiger partial charge is 0.375 e. The first kappa shape index (κ1) is 10.4. The molecular weight excluding hydrogens is 186 g/mol. The second-order valence-corrected chi connectivity index (χ2v) is 3.80. The molecule has 1 unspecified atom stereocenters. The van der Waals surface area contributed by atoms with E-state index in [9.17, 15) is 0 Å². The Labute approximate surface area is 91.0 Å². The first-order chi connectivity index (χ1) is 7.42. The molecule has 2 rings (SSSR count). The molecule has 0 saturated heterocycles. The molecule has 0 bridgehead atoms. The van der Waals surface area contributed by atoms with Crippen LogP contribution in [-0.2, 0) is 11.3 Å². The minimum absolute atomic E-state index is 0.342. The highest BCUT2D eigenvalue weighted by Crippen LogP contribution is 2.24. The van der Waals surface area contributed by atoms with Crippen LogP contribution in [0, 0.1) is 0 Å². The summed E-state index contributed by atoms with van der Waals surface area (Å²) in [5, 5.41) is 3.48. The topological polar surface area (TPSA) is 21.3 Å². The van der Waals surface area contributed by atoms with Gasteiger partial charge in [-0.05, 0) is 24.1 Å². The van der Waals surface area contributed by atoms with E-state index in [1.54, 1.807) is 0 Å². The van der Waals surface area contributed by atoms with E-state index in [-0.39, 0.29) is 0 Å². The van der Waals surface area contributed by atoms with Crippen LogP contribution in [-0.4, -0.2) is 13.2 Å². The normalized spacial score (nSPS) is 19.6. The Balaban J connectivity index is 2.05. The van der Waals surface area contributed by atoms with Gasteiger partial charge in [-0.3, -0.25) is 0 Å². The molecule has 1 N–H and O–H groups in total. The van der Waals surface area contributed by atoms with Gasteiger partial charge in [0.05, 0.1) is 19.3 Å². The summed E-state index contributed by atoms with van der Waals surface area (Å²) in [5.41, 5.74) is 2.69. The molecule has 2 heteroatoms. The lowest BCUT2D eigenvalue weighted by Gasteiger charge is -2.26. The predicted octanol–water partition coefficient (Wildman–Crippen LogP) is 2.42. The highest BCUT2D eigenvalue weighted by atomic mass is 16.5. The van der Waals surface area contributed by atoms with Gasteiger partial charge in [-0.15, -0.1) is 6.58 Å². The van der Waals surface area contributed by atoms with Crippen molar-refractivity contribution in [3.05, 3.63) is 48.0 Å². The van der Waals surface area contributed by atoms with Gasteiger partial charge in [-0.25, -0.2) is 0 Å². The van der Waals surface area contributed by atoms with E-state index in [1.165, 1.54) is 11.1 Å². The third-order valence-electron chi connectivity index (χ3n) is 2.71. The fourth-order valence-electron chi connectivity index (χ4n) is 1.91. The molecule has 0 aliphatic carbocycles. The number of benzene rings is 1. The lowest BCUT2D eigenvalue weighted by molar-refractivity contribution is 0.0824. The second-order valence-electron chi connectivity index (χ2n) is 3.80. The van der Waals surface area contributed by atoms with Gasteiger partial charge < -0.3 is 10.1 Å². The zero-order valence-electron chi connectivity index (χ0n) is 8.91. The van der Waals surface area contributed by atoms with E-state index in [0.717, 1.165) is 26.2 Å². The molecule has 1 aromatic carbocycles. The van der Waals surface area contributed by atoms with Crippen molar-refractivity contribution in [2.75, 3.05) is 13.2 Å². The van der Waals surface area contributed by atoms with Gasteiger partial charge in [0.25, 0.3) is 0 Å². The number of hydrogen-bond acceptors (Lipinski definition) is 2. The van der Waals surface area contributed by atoms with Crippen LogP contribution in [0.4, 0.5) is 0 Å². The van der Waals surface area contributed by atoms with Gasteiger partial charge in [0.15, 0.2) is 0 Å². The lowest BCUT2D eigenvalue weighted by atomic mass is 9.99. The van der Waals surface area contributed by atoms with Crippen LogP contribution in [0.1, 0.15) is 23.6 Å². The molecule has 1 atom stereocenters. The van der Waals surface area contributed by atoms with E-state index in [4.69, 9.17) is 4.74 Å². The summed E-state index contributed by atoms with van der Waals surface area (Å²) in [7, 11) is 0. The molecule has 0 aromatic heterocycles. The smallest absolute Gasteiger partial charge is 0.0721 e. The maximum atomic E-state index is 5.55. The quantitative estimate of drug-likeness (QED) is 0.599. The van der Waals surface area contributed by atoms with Crippen LogP contribution in [0.25, 0.3) is 0 Å². The fourth-order valence-corrected chi connectivity index (χ4v) is 1.91. The average molecular weight is 203 g/mol. The van der Waals surface area contributed by atoms with Gasteiger partial charge in [-0.1, -0.05) is 30.3 Å². The van der Waals surface area contributed by atoms with Crippen LogP contribution in [0.2, 0.25) is 0 Å². The molecule has 0 saturated carbocycles. The minimum Gasteiger partial charge on any atom is -0.375 e. The third-order valence-corrected chi connectivity index (χ3v) is 2.71. The van der Waals surface area contributed by atoms with Crippen molar-refractivity contribution >= 4 is 0 Å². The number of hydrogen-bond donors (Lipinski definition) is 1. The standard InChI is InChI=1S/C13H17NO/c1-2-3-8-14-13-10-15-9-11-6-4-5-7-12(11)13/h2,4-7,13-14H,1,3,8-10H2. The Hall–Kier alpha value is -1.12. The molecule has 1 aliphatic heterocycles. The molecule has 1 heterocycles. The van der Waals surface area contributed by atoms with Crippen molar-refractivity contribution in [3.8, 4) is 0 Å². The predicted molar refractivity (Wildman–Crippen MR) is 61.7 cm³/mol. The molecule has 2 nitrogen and oxygen atoms in total. The van der Waals surface area contributed by atoms with Crippen LogP contribution < -0.4 is 5.32 Å². The van der Waals surface area contributed by atoms with Gasteiger partial charge in [0, 0.05) is 0 Å². The van der Waals surface area contributed by atoms with Crippen molar-refractivity contribution in [3.63, 3.8) is 0 Å². The SMILES string of the molecule is C=CCCNC1COCc2ccccc21. The molecule has 0 amide bonds. The van der Waals surface area contributed by atoms with Gasteiger partial charge in [0.2, 0.25) is 0 Å². The number of ether oxygens (including phenoxy) is 1. The number of nitrogens with one attached hydrogen (secondary N) is 1. The summed E-state index contributed by atoms with van der Waals surface area (Å²) in [5.74, 6) is 0. The Kier molecular flexibility index (Phi) is 3.54. The first-order valence-electron chi connectivity index (χ1n) is 5.41. The van der Waals surface area contributed by atoms with Gasteiger partial charge >= 0.3 is 0 Å². The van der Waals surface area contributed by atoms with Crippen LogP contribution in [0.3, 0.4) is 0 Å². The first-order valence-corrected chi connectivity index (χ1v) is 5.41. The molecule has 1 aromatic rings. The molecular formula is C13H17NO. The third kappa shape index (κ3) is 2.46. The van der Waals surface area contributed by atoms with E-state index in [2.05, 4.69) is 36.2 Å². The van der Waals surface area contributed by atoms with Crippen molar-refractivity contribution in [2.45, 2.75) is 19.1 Å². The van der Waals surface area contributed by atoms with Crippen LogP contribution in [0.15, 0.2) is 36.9 Å². The van der Waals surface area contributed by atoms with Crippen molar-refractivity contribution in [1.82, 2.24) is 5.32 Å². The van der Waals surface area contributed by atoms with Crippen molar-refractivity contribution < 1.29 is 4.74 Å².